The maximum atomic E-state index is 11.9. The van der Waals surface area contributed by atoms with Crippen LogP contribution in [0.3, 0.4) is 0 Å². The molecule has 1 aliphatic rings. The largest absolute Gasteiger partial charge is 0.343 e. The van der Waals surface area contributed by atoms with E-state index in [1.807, 2.05) is 23.1 Å². The van der Waals surface area contributed by atoms with Crippen molar-refractivity contribution < 1.29 is 4.79 Å². The monoisotopic (exact) mass is 264 g/mol. The molecule has 98 valence electrons. The summed E-state index contributed by atoms with van der Waals surface area (Å²) in [5.41, 5.74) is 6.02. The van der Waals surface area contributed by atoms with Crippen LogP contribution in [0.2, 0.25) is 0 Å². The second kappa shape index (κ2) is 6.81. The van der Waals surface area contributed by atoms with Crippen molar-refractivity contribution >= 4 is 17.7 Å². The quantitative estimate of drug-likeness (QED) is 0.829. The van der Waals surface area contributed by atoms with Gasteiger partial charge in [-0.2, -0.15) is 0 Å². The summed E-state index contributed by atoms with van der Waals surface area (Å²) in [5.74, 6) is 1.01. The smallest absolute Gasteiger partial charge is 0.224 e. The molecular formula is C14H20N2OS. The van der Waals surface area contributed by atoms with Crippen LogP contribution in [-0.4, -0.2) is 35.7 Å². The van der Waals surface area contributed by atoms with E-state index in [0.717, 1.165) is 31.7 Å². The molecule has 1 atom stereocenters. The van der Waals surface area contributed by atoms with Crippen LogP contribution in [0.5, 0.6) is 0 Å². The lowest BCUT2D eigenvalue weighted by Crippen LogP contribution is -2.35. The molecule has 0 spiro atoms. The summed E-state index contributed by atoms with van der Waals surface area (Å²) in [7, 11) is 0. The van der Waals surface area contributed by atoms with Crippen LogP contribution in [-0.2, 0) is 4.79 Å². The first kappa shape index (κ1) is 13.4. The molecule has 2 N–H and O–H groups in total. The van der Waals surface area contributed by atoms with E-state index in [9.17, 15) is 4.79 Å². The highest BCUT2D eigenvalue weighted by molar-refractivity contribution is 7.99. The van der Waals surface area contributed by atoms with Gasteiger partial charge in [0.15, 0.2) is 0 Å². The highest BCUT2D eigenvalue weighted by Gasteiger charge is 2.19. The van der Waals surface area contributed by atoms with Gasteiger partial charge < -0.3 is 10.6 Å². The molecule has 4 heteroatoms. The Bertz CT molecular complexity index is 377. The van der Waals surface area contributed by atoms with Crippen LogP contribution < -0.4 is 5.73 Å². The fraction of sp³-hybridized carbons (Fsp3) is 0.500. The third-order valence-electron chi connectivity index (χ3n) is 3.10. The van der Waals surface area contributed by atoms with Crippen LogP contribution in [0.15, 0.2) is 35.2 Å². The van der Waals surface area contributed by atoms with Gasteiger partial charge >= 0.3 is 0 Å². The fourth-order valence-corrected chi connectivity index (χ4v) is 2.97. The number of carbonyl (C=O) groups excluding carboxylic acids is 1. The van der Waals surface area contributed by atoms with E-state index < -0.39 is 0 Å². The van der Waals surface area contributed by atoms with Crippen molar-refractivity contribution in [1.82, 2.24) is 4.90 Å². The van der Waals surface area contributed by atoms with Gasteiger partial charge in [-0.3, -0.25) is 4.79 Å². The number of nitrogens with two attached hydrogens (primary N) is 1. The third kappa shape index (κ3) is 4.03. The maximum absolute atomic E-state index is 11.9. The fourth-order valence-electron chi connectivity index (χ4n) is 2.10. The standard InChI is InChI=1S/C14H20N2OS/c15-12(10-14(17)16-8-4-5-9-16)11-18-13-6-2-1-3-7-13/h1-3,6-7,12H,4-5,8-11,15H2/t12-/m1/s1. The summed E-state index contributed by atoms with van der Waals surface area (Å²) in [4.78, 5) is 15.1. The van der Waals surface area contributed by atoms with Gasteiger partial charge in [-0.1, -0.05) is 18.2 Å². The number of benzene rings is 1. The van der Waals surface area contributed by atoms with Crippen LogP contribution in [0.25, 0.3) is 0 Å². The first-order valence-electron chi connectivity index (χ1n) is 6.47. The number of amides is 1. The van der Waals surface area contributed by atoms with Gasteiger partial charge in [0.25, 0.3) is 0 Å². The van der Waals surface area contributed by atoms with Crippen LogP contribution in [0.1, 0.15) is 19.3 Å². The Morgan fingerprint density at radius 3 is 2.61 bits per heavy atom. The summed E-state index contributed by atoms with van der Waals surface area (Å²) in [6.07, 6.45) is 2.75. The Kier molecular flexibility index (Phi) is 5.08. The molecule has 18 heavy (non-hydrogen) atoms. The van der Waals surface area contributed by atoms with Crippen LogP contribution in [0, 0.1) is 0 Å². The zero-order chi connectivity index (χ0) is 12.8. The summed E-state index contributed by atoms with van der Waals surface area (Å²) >= 11 is 1.72. The minimum atomic E-state index is -0.0525. The second-order valence-corrected chi connectivity index (χ2v) is 5.77. The average Bonchev–Trinajstić information content (AvgIpc) is 2.91. The summed E-state index contributed by atoms with van der Waals surface area (Å²) in [6.45, 7) is 1.83. The van der Waals surface area contributed by atoms with Crippen molar-refractivity contribution in [3.63, 3.8) is 0 Å². The molecule has 1 aromatic carbocycles. The van der Waals surface area contributed by atoms with Crippen molar-refractivity contribution in [2.75, 3.05) is 18.8 Å². The van der Waals surface area contributed by atoms with Gasteiger partial charge in [-0.25, -0.2) is 0 Å². The van der Waals surface area contributed by atoms with Crippen LogP contribution in [0.4, 0.5) is 0 Å². The van der Waals surface area contributed by atoms with Gasteiger partial charge in [-0.05, 0) is 25.0 Å². The molecule has 1 heterocycles. The summed E-state index contributed by atoms with van der Waals surface area (Å²) in [5, 5.41) is 0. The summed E-state index contributed by atoms with van der Waals surface area (Å²) in [6, 6.07) is 10.1. The number of likely N-dealkylation sites (tertiary alicyclic amines) is 1. The predicted octanol–water partition coefficient (Wildman–Crippen LogP) is 2.12. The van der Waals surface area contributed by atoms with Gasteiger partial charge in [0.1, 0.15) is 0 Å². The number of thioether (sulfide) groups is 1. The maximum Gasteiger partial charge on any atom is 0.224 e. The normalized spacial score (nSPS) is 16.8. The Morgan fingerprint density at radius 2 is 1.94 bits per heavy atom. The van der Waals surface area contributed by atoms with E-state index in [1.54, 1.807) is 11.8 Å². The summed E-state index contributed by atoms with van der Waals surface area (Å²) < 4.78 is 0. The number of carbonyl (C=O) groups is 1. The van der Waals surface area contributed by atoms with Gasteiger partial charge in [0.05, 0.1) is 0 Å². The Hall–Kier alpha value is -1.00. The molecule has 1 aromatic rings. The minimum Gasteiger partial charge on any atom is -0.343 e. The van der Waals surface area contributed by atoms with Crippen molar-refractivity contribution in [2.45, 2.75) is 30.2 Å². The lowest BCUT2D eigenvalue weighted by atomic mass is 10.2. The average molecular weight is 264 g/mol. The van der Waals surface area contributed by atoms with E-state index in [-0.39, 0.29) is 11.9 Å². The first-order chi connectivity index (χ1) is 8.75. The molecule has 0 aromatic heterocycles. The lowest BCUT2D eigenvalue weighted by molar-refractivity contribution is -0.130. The molecule has 0 aliphatic carbocycles. The van der Waals surface area contributed by atoms with Gasteiger partial charge in [-0.15, -0.1) is 11.8 Å². The Labute approximate surface area is 113 Å². The molecule has 3 nitrogen and oxygen atoms in total. The van der Waals surface area contributed by atoms with Crippen molar-refractivity contribution in [3.05, 3.63) is 30.3 Å². The molecule has 0 unspecified atom stereocenters. The SMILES string of the molecule is N[C@@H](CSc1ccccc1)CC(=O)N1CCCC1. The van der Waals surface area contributed by atoms with Crippen LogP contribution >= 0.6 is 11.8 Å². The number of rotatable bonds is 5. The topological polar surface area (TPSA) is 46.3 Å². The number of hydrogen-bond acceptors (Lipinski definition) is 3. The van der Waals surface area contributed by atoms with Crippen molar-refractivity contribution in [3.8, 4) is 0 Å². The first-order valence-corrected chi connectivity index (χ1v) is 7.45. The highest BCUT2D eigenvalue weighted by atomic mass is 32.2. The molecule has 1 fully saturated rings. The molecule has 0 saturated carbocycles. The van der Waals surface area contributed by atoms with E-state index >= 15 is 0 Å². The lowest BCUT2D eigenvalue weighted by Gasteiger charge is -2.18. The van der Waals surface area contributed by atoms with E-state index in [2.05, 4.69) is 12.1 Å². The van der Waals surface area contributed by atoms with E-state index in [1.165, 1.54) is 4.90 Å². The Morgan fingerprint density at radius 1 is 1.28 bits per heavy atom. The molecule has 1 amide bonds. The molecular weight excluding hydrogens is 244 g/mol. The third-order valence-corrected chi connectivity index (χ3v) is 4.30. The molecule has 2 rings (SSSR count). The van der Waals surface area contributed by atoms with Gasteiger partial charge in [0, 0.05) is 36.2 Å². The Balaban J connectivity index is 1.71. The minimum absolute atomic E-state index is 0.0525. The molecule has 1 aliphatic heterocycles. The zero-order valence-corrected chi connectivity index (χ0v) is 11.4. The van der Waals surface area contributed by atoms with E-state index in [4.69, 9.17) is 5.73 Å². The van der Waals surface area contributed by atoms with Crippen molar-refractivity contribution in [2.24, 2.45) is 5.73 Å². The molecule has 1 saturated heterocycles. The molecule has 0 radical (unpaired) electrons. The van der Waals surface area contributed by atoms with Crippen molar-refractivity contribution in [1.29, 1.82) is 0 Å². The zero-order valence-electron chi connectivity index (χ0n) is 10.5. The van der Waals surface area contributed by atoms with Gasteiger partial charge in [0.2, 0.25) is 5.91 Å². The predicted molar refractivity (Wildman–Crippen MR) is 75.6 cm³/mol. The highest BCUT2D eigenvalue weighted by Crippen LogP contribution is 2.18. The van der Waals surface area contributed by atoms with E-state index in [0.29, 0.717) is 6.42 Å². The number of hydrogen-bond donors (Lipinski definition) is 1. The number of nitrogens with zero attached hydrogens (tertiary/aromatic N) is 1. The molecule has 0 bridgehead atoms. The second-order valence-electron chi connectivity index (χ2n) is 4.68.